The van der Waals surface area contributed by atoms with E-state index in [0.29, 0.717) is 31.0 Å². The van der Waals surface area contributed by atoms with Gasteiger partial charge in [0.1, 0.15) is 17.3 Å². The second-order valence-corrected chi connectivity index (χ2v) is 7.19. The number of likely N-dealkylation sites (tertiary alicyclic amines) is 1. The maximum atomic E-state index is 13.3. The maximum Gasteiger partial charge on any atom is 0.433 e. The van der Waals surface area contributed by atoms with Crippen LogP contribution in [0.3, 0.4) is 0 Å². The van der Waals surface area contributed by atoms with Gasteiger partial charge in [-0.05, 0) is 43.7 Å². The molecule has 3 heterocycles. The Bertz CT molecular complexity index is 1080. The minimum Gasteiger partial charge on any atom is -0.484 e. The van der Waals surface area contributed by atoms with Crippen molar-refractivity contribution in [3.8, 4) is 5.75 Å². The first kappa shape index (κ1) is 20.1. The summed E-state index contributed by atoms with van der Waals surface area (Å²) in [5.74, 6) is -0.470. The van der Waals surface area contributed by atoms with Crippen LogP contribution in [-0.4, -0.2) is 45.1 Å². The zero-order valence-electron chi connectivity index (χ0n) is 16.0. The summed E-state index contributed by atoms with van der Waals surface area (Å²) in [6.45, 7) is 2.07. The number of ether oxygens (including phenoxy) is 1. The number of halogens is 4. The van der Waals surface area contributed by atoms with E-state index in [-0.39, 0.29) is 29.8 Å². The van der Waals surface area contributed by atoms with Gasteiger partial charge in [0, 0.05) is 30.8 Å². The fraction of sp³-hybridized carbons (Fsp3) is 0.350. The van der Waals surface area contributed by atoms with Gasteiger partial charge in [0.25, 0.3) is 5.91 Å². The molecule has 3 aromatic rings. The highest BCUT2D eigenvalue weighted by Crippen LogP contribution is 2.32. The lowest BCUT2D eigenvalue weighted by molar-refractivity contribution is -0.142. The molecule has 1 amide bonds. The lowest BCUT2D eigenvalue weighted by Crippen LogP contribution is -2.32. The van der Waals surface area contributed by atoms with Gasteiger partial charge in [-0.1, -0.05) is 0 Å². The lowest BCUT2D eigenvalue weighted by atomic mass is 10.1. The smallest absolute Gasteiger partial charge is 0.433 e. The zero-order chi connectivity index (χ0) is 21.5. The highest BCUT2D eigenvalue weighted by atomic mass is 19.4. The van der Waals surface area contributed by atoms with Crippen molar-refractivity contribution in [3.63, 3.8) is 0 Å². The van der Waals surface area contributed by atoms with Crippen LogP contribution in [0.25, 0.3) is 5.65 Å². The van der Waals surface area contributed by atoms with Crippen molar-refractivity contribution in [3.05, 3.63) is 59.3 Å². The van der Waals surface area contributed by atoms with Crippen molar-refractivity contribution in [1.29, 1.82) is 0 Å². The van der Waals surface area contributed by atoms with Crippen LogP contribution in [0.2, 0.25) is 0 Å². The molecule has 1 saturated heterocycles. The number of carbonyl (C=O) groups is 1. The molecule has 10 heteroatoms. The molecule has 1 fully saturated rings. The summed E-state index contributed by atoms with van der Waals surface area (Å²) in [6, 6.07) is 7.83. The number of alkyl halides is 3. The number of benzene rings is 1. The summed E-state index contributed by atoms with van der Waals surface area (Å²) in [5, 5.41) is 4.13. The summed E-state index contributed by atoms with van der Waals surface area (Å²) in [4.78, 5) is 18.1. The molecular formula is C20H18F4N4O2. The quantitative estimate of drug-likeness (QED) is 0.603. The molecule has 6 nitrogen and oxygen atoms in total. The summed E-state index contributed by atoms with van der Waals surface area (Å²) in [6.07, 6.45) is -3.98. The highest BCUT2D eigenvalue weighted by Gasteiger charge is 2.36. The molecule has 0 bridgehead atoms. The number of hydrogen-bond donors (Lipinski definition) is 0. The Balaban J connectivity index is 1.45. The molecule has 1 atom stereocenters. The van der Waals surface area contributed by atoms with Crippen molar-refractivity contribution in [2.75, 3.05) is 19.7 Å². The van der Waals surface area contributed by atoms with Gasteiger partial charge in [0.15, 0.2) is 12.3 Å². The molecule has 0 saturated carbocycles. The first-order valence-corrected chi connectivity index (χ1v) is 9.31. The van der Waals surface area contributed by atoms with E-state index in [0.717, 1.165) is 10.6 Å². The normalized spacial score (nSPS) is 17.0. The van der Waals surface area contributed by atoms with E-state index >= 15 is 0 Å². The monoisotopic (exact) mass is 422 g/mol. The number of rotatable bonds is 4. The predicted molar refractivity (Wildman–Crippen MR) is 98.6 cm³/mol. The number of nitrogens with zero attached hydrogens (tertiary/aromatic N) is 4. The average Bonchev–Trinajstić information content (AvgIpc) is 3.32. The van der Waals surface area contributed by atoms with Gasteiger partial charge in [-0.3, -0.25) is 4.79 Å². The van der Waals surface area contributed by atoms with Crippen LogP contribution in [-0.2, 0) is 11.0 Å². The molecule has 1 aliphatic rings. The number of carbonyl (C=O) groups excluding carboxylic acids is 1. The Morgan fingerprint density at radius 3 is 2.67 bits per heavy atom. The van der Waals surface area contributed by atoms with Crippen LogP contribution in [0.1, 0.15) is 29.4 Å². The van der Waals surface area contributed by atoms with E-state index < -0.39 is 17.7 Å². The molecule has 0 unspecified atom stereocenters. The predicted octanol–water partition coefficient (Wildman–Crippen LogP) is 3.59. The van der Waals surface area contributed by atoms with Gasteiger partial charge < -0.3 is 9.64 Å². The Morgan fingerprint density at radius 1 is 1.23 bits per heavy atom. The molecule has 0 radical (unpaired) electrons. The molecule has 30 heavy (non-hydrogen) atoms. The fourth-order valence-corrected chi connectivity index (χ4v) is 3.51. The SMILES string of the molecule is Cc1cc(C(F)(F)F)n2nc([C@H]3CCN(C(=O)COc4ccc(F)cc4)C3)cc2n1. The van der Waals surface area contributed by atoms with E-state index in [1.165, 1.54) is 37.3 Å². The van der Waals surface area contributed by atoms with Gasteiger partial charge >= 0.3 is 6.18 Å². The van der Waals surface area contributed by atoms with Crippen LogP contribution in [0.5, 0.6) is 5.75 Å². The summed E-state index contributed by atoms with van der Waals surface area (Å²) >= 11 is 0. The molecule has 0 aliphatic carbocycles. The standard InChI is InChI=1S/C20H18F4N4O2/c1-12-8-17(20(22,23)24)28-18(25-12)9-16(26-28)13-6-7-27(10-13)19(29)11-30-15-4-2-14(21)3-5-15/h2-5,8-9,13H,6-7,10-11H2,1H3/t13-/m0/s1. The average molecular weight is 422 g/mol. The highest BCUT2D eigenvalue weighted by molar-refractivity contribution is 5.78. The third-order valence-corrected chi connectivity index (χ3v) is 5.00. The molecule has 4 rings (SSSR count). The van der Waals surface area contributed by atoms with Crippen LogP contribution < -0.4 is 4.74 Å². The minimum absolute atomic E-state index is 0.127. The molecule has 1 aromatic carbocycles. The minimum atomic E-state index is -4.55. The zero-order valence-corrected chi connectivity index (χ0v) is 16.0. The number of fused-ring (bicyclic) bond motifs is 1. The number of aromatic nitrogens is 3. The third kappa shape index (κ3) is 4.07. The number of aryl methyl sites for hydroxylation is 1. The van der Waals surface area contributed by atoms with Gasteiger partial charge in [-0.15, -0.1) is 0 Å². The van der Waals surface area contributed by atoms with Crippen LogP contribution in [0.4, 0.5) is 17.6 Å². The van der Waals surface area contributed by atoms with Gasteiger partial charge in [-0.25, -0.2) is 13.9 Å². The van der Waals surface area contributed by atoms with Crippen LogP contribution in [0.15, 0.2) is 36.4 Å². The number of hydrogen-bond acceptors (Lipinski definition) is 4. The van der Waals surface area contributed by atoms with E-state index in [1.54, 1.807) is 4.90 Å². The van der Waals surface area contributed by atoms with Gasteiger partial charge in [0.2, 0.25) is 0 Å². The first-order chi connectivity index (χ1) is 14.2. The van der Waals surface area contributed by atoms with Gasteiger partial charge in [0.05, 0.1) is 5.69 Å². The van der Waals surface area contributed by atoms with Crippen molar-refractivity contribution in [1.82, 2.24) is 19.5 Å². The number of amides is 1. The molecule has 158 valence electrons. The topological polar surface area (TPSA) is 59.7 Å². The van der Waals surface area contributed by atoms with Crippen LogP contribution in [0, 0.1) is 12.7 Å². The van der Waals surface area contributed by atoms with E-state index in [4.69, 9.17) is 4.74 Å². The molecule has 1 aliphatic heterocycles. The lowest BCUT2D eigenvalue weighted by Gasteiger charge is -2.16. The van der Waals surface area contributed by atoms with E-state index in [2.05, 4.69) is 10.1 Å². The second kappa shape index (κ2) is 7.58. The molecule has 0 spiro atoms. The van der Waals surface area contributed by atoms with Gasteiger partial charge in [-0.2, -0.15) is 18.3 Å². The summed E-state index contributed by atoms with van der Waals surface area (Å²) in [5.41, 5.74) is -0.0348. The Hall–Kier alpha value is -3.17. The van der Waals surface area contributed by atoms with Crippen molar-refractivity contribution in [2.45, 2.75) is 25.4 Å². The second-order valence-electron chi connectivity index (χ2n) is 7.19. The largest absolute Gasteiger partial charge is 0.484 e. The van der Waals surface area contributed by atoms with Crippen molar-refractivity contribution >= 4 is 11.6 Å². The van der Waals surface area contributed by atoms with Crippen molar-refractivity contribution in [2.24, 2.45) is 0 Å². The summed E-state index contributed by atoms with van der Waals surface area (Å²) in [7, 11) is 0. The fourth-order valence-electron chi connectivity index (χ4n) is 3.51. The van der Waals surface area contributed by atoms with Crippen molar-refractivity contribution < 1.29 is 27.1 Å². The Kier molecular flexibility index (Phi) is 5.08. The van der Waals surface area contributed by atoms with E-state index in [1.807, 2.05) is 0 Å². The first-order valence-electron chi connectivity index (χ1n) is 9.31. The summed E-state index contributed by atoms with van der Waals surface area (Å²) < 4.78 is 59.1. The Labute approximate surface area is 169 Å². The molecule has 0 N–H and O–H groups in total. The van der Waals surface area contributed by atoms with E-state index in [9.17, 15) is 22.4 Å². The third-order valence-electron chi connectivity index (χ3n) is 5.00. The van der Waals surface area contributed by atoms with Crippen LogP contribution >= 0.6 is 0 Å². The Morgan fingerprint density at radius 2 is 1.97 bits per heavy atom. The maximum absolute atomic E-state index is 13.3. The molecule has 2 aromatic heterocycles. The molecular weight excluding hydrogens is 404 g/mol.